The van der Waals surface area contributed by atoms with Crippen LogP contribution in [0.3, 0.4) is 0 Å². The number of benzene rings is 2. The van der Waals surface area contributed by atoms with Crippen LogP contribution in [0.4, 0.5) is 0 Å². The van der Waals surface area contributed by atoms with Crippen LogP contribution in [0.1, 0.15) is 68.4 Å². The molecule has 0 aliphatic heterocycles. The monoisotopic (exact) mass is 344 g/mol. The quantitative estimate of drug-likeness (QED) is 0.501. The zero-order valence-electron chi connectivity index (χ0n) is 16.2. The molecule has 0 aromatic heterocycles. The highest BCUT2D eigenvalue weighted by Crippen LogP contribution is 2.43. The zero-order chi connectivity index (χ0) is 17.9. The van der Waals surface area contributed by atoms with Crippen LogP contribution in [-0.4, -0.2) is 0 Å². The zero-order valence-corrected chi connectivity index (χ0v) is 16.2. The Morgan fingerprint density at radius 3 is 1.73 bits per heavy atom. The molecule has 0 spiro atoms. The van der Waals surface area contributed by atoms with Crippen LogP contribution in [0.2, 0.25) is 0 Å². The van der Waals surface area contributed by atoms with Gasteiger partial charge in [-0.25, -0.2) is 0 Å². The first kappa shape index (κ1) is 17.6. The smallest absolute Gasteiger partial charge is 0.0162 e. The molecule has 0 radical (unpaired) electrons. The van der Waals surface area contributed by atoms with Gasteiger partial charge in [-0.1, -0.05) is 66.2 Å². The number of hydrogen-bond acceptors (Lipinski definition) is 0. The summed E-state index contributed by atoms with van der Waals surface area (Å²) in [5, 5.41) is 0. The minimum Gasteiger partial charge on any atom is -0.0999 e. The SMILES string of the molecule is C=C1CCC(C2CCC(c3ccc(-c4ccc(C)cc4)cc3)CC2)CC1. The summed E-state index contributed by atoms with van der Waals surface area (Å²) in [5.74, 6) is 2.73. The van der Waals surface area contributed by atoms with Gasteiger partial charge in [0.2, 0.25) is 0 Å². The Morgan fingerprint density at radius 2 is 1.15 bits per heavy atom. The van der Waals surface area contributed by atoms with Crippen molar-refractivity contribution >= 4 is 0 Å². The Kier molecular flexibility index (Phi) is 5.29. The van der Waals surface area contributed by atoms with Gasteiger partial charge in [-0.2, -0.15) is 0 Å². The fraction of sp³-hybridized carbons (Fsp3) is 0.462. The summed E-state index contributed by atoms with van der Waals surface area (Å²) >= 11 is 0. The summed E-state index contributed by atoms with van der Waals surface area (Å²) in [5.41, 5.74) is 7.03. The predicted molar refractivity (Wildman–Crippen MR) is 112 cm³/mol. The van der Waals surface area contributed by atoms with E-state index in [4.69, 9.17) is 0 Å². The summed E-state index contributed by atoms with van der Waals surface area (Å²) < 4.78 is 0. The Morgan fingerprint density at radius 1 is 0.654 bits per heavy atom. The van der Waals surface area contributed by atoms with E-state index in [1.54, 1.807) is 5.56 Å². The normalized spacial score (nSPS) is 24.6. The van der Waals surface area contributed by atoms with Crippen molar-refractivity contribution < 1.29 is 0 Å². The molecule has 2 aromatic rings. The van der Waals surface area contributed by atoms with Crippen molar-refractivity contribution in [3.05, 3.63) is 71.8 Å². The molecule has 0 heterocycles. The van der Waals surface area contributed by atoms with E-state index in [0.717, 1.165) is 17.8 Å². The van der Waals surface area contributed by atoms with Crippen molar-refractivity contribution in [3.8, 4) is 11.1 Å². The molecule has 0 nitrogen and oxygen atoms in total. The average Bonchev–Trinajstić information content (AvgIpc) is 2.70. The maximum Gasteiger partial charge on any atom is -0.0162 e. The molecule has 0 saturated heterocycles. The molecule has 2 saturated carbocycles. The summed E-state index contributed by atoms with van der Waals surface area (Å²) in [6.45, 7) is 6.32. The fourth-order valence-electron chi connectivity index (χ4n) is 5.14. The van der Waals surface area contributed by atoms with Crippen LogP contribution >= 0.6 is 0 Å². The van der Waals surface area contributed by atoms with Crippen molar-refractivity contribution in [2.45, 2.75) is 64.2 Å². The van der Waals surface area contributed by atoms with E-state index in [1.807, 2.05) is 0 Å². The molecule has 0 bridgehead atoms. The summed E-state index contributed by atoms with van der Waals surface area (Å²) in [6.07, 6.45) is 11.0. The lowest BCUT2D eigenvalue weighted by Crippen LogP contribution is -2.23. The minimum atomic E-state index is 0.775. The van der Waals surface area contributed by atoms with E-state index in [0.29, 0.717) is 0 Å². The first-order valence-corrected chi connectivity index (χ1v) is 10.5. The Bertz CT molecular complexity index is 717. The molecule has 0 atom stereocenters. The number of allylic oxidation sites excluding steroid dienone is 1. The van der Waals surface area contributed by atoms with E-state index in [2.05, 4.69) is 62.0 Å². The first-order chi connectivity index (χ1) is 12.7. The van der Waals surface area contributed by atoms with E-state index in [-0.39, 0.29) is 0 Å². The van der Waals surface area contributed by atoms with Crippen LogP contribution in [0.15, 0.2) is 60.7 Å². The van der Waals surface area contributed by atoms with Crippen molar-refractivity contribution in [1.82, 2.24) is 0 Å². The van der Waals surface area contributed by atoms with Crippen molar-refractivity contribution in [1.29, 1.82) is 0 Å². The molecule has 0 heteroatoms. The van der Waals surface area contributed by atoms with Gasteiger partial charge in [-0.05, 0) is 92.7 Å². The van der Waals surface area contributed by atoms with Gasteiger partial charge >= 0.3 is 0 Å². The molecular weight excluding hydrogens is 312 g/mol. The van der Waals surface area contributed by atoms with E-state index >= 15 is 0 Å². The highest BCUT2D eigenvalue weighted by molar-refractivity contribution is 5.64. The lowest BCUT2D eigenvalue weighted by Gasteiger charge is -2.36. The molecule has 26 heavy (non-hydrogen) atoms. The van der Waals surface area contributed by atoms with Gasteiger partial charge in [0.1, 0.15) is 0 Å². The van der Waals surface area contributed by atoms with E-state index in [9.17, 15) is 0 Å². The van der Waals surface area contributed by atoms with E-state index < -0.39 is 0 Å². The Labute approximate surface area is 159 Å². The fourth-order valence-corrected chi connectivity index (χ4v) is 5.14. The Hall–Kier alpha value is -1.82. The molecular formula is C26H32. The maximum absolute atomic E-state index is 4.18. The van der Waals surface area contributed by atoms with Crippen LogP contribution < -0.4 is 0 Å². The molecule has 2 fully saturated rings. The second kappa shape index (κ2) is 7.82. The largest absolute Gasteiger partial charge is 0.0999 e. The highest BCUT2D eigenvalue weighted by atomic mass is 14.3. The molecule has 2 aliphatic rings. The molecule has 136 valence electrons. The topological polar surface area (TPSA) is 0 Å². The van der Waals surface area contributed by atoms with Gasteiger partial charge in [0, 0.05) is 0 Å². The second-order valence-corrected chi connectivity index (χ2v) is 8.69. The lowest BCUT2D eigenvalue weighted by molar-refractivity contribution is 0.200. The predicted octanol–water partition coefficient (Wildman–Crippen LogP) is 7.68. The van der Waals surface area contributed by atoms with Crippen molar-refractivity contribution in [3.63, 3.8) is 0 Å². The van der Waals surface area contributed by atoms with Crippen LogP contribution in [0.25, 0.3) is 11.1 Å². The second-order valence-electron chi connectivity index (χ2n) is 8.69. The molecule has 0 unspecified atom stereocenters. The van der Waals surface area contributed by atoms with Crippen molar-refractivity contribution in [2.75, 3.05) is 0 Å². The minimum absolute atomic E-state index is 0.775. The van der Waals surface area contributed by atoms with Gasteiger partial charge in [-0.3, -0.25) is 0 Å². The molecule has 0 N–H and O–H groups in total. The standard InChI is InChI=1S/C26H32/c1-19-3-7-21(8-4-19)23-11-15-25(16-12-23)26-17-13-24(14-18-26)22-9-5-20(2)6-10-22/h5-6,9-10,13-14,17-18,21,23,25H,1,3-4,7-8,11-12,15-16H2,2H3. The van der Waals surface area contributed by atoms with Gasteiger partial charge in [0.15, 0.2) is 0 Å². The molecule has 2 aromatic carbocycles. The molecule has 0 amide bonds. The van der Waals surface area contributed by atoms with E-state index in [1.165, 1.54) is 73.6 Å². The van der Waals surface area contributed by atoms with Gasteiger partial charge in [0.25, 0.3) is 0 Å². The Balaban J connectivity index is 1.35. The third-order valence-corrected chi connectivity index (χ3v) is 6.94. The summed E-state index contributed by atoms with van der Waals surface area (Å²) in [7, 11) is 0. The van der Waals surface area contributed by atoms with Crippen LogP contribution in [0.5, 0.6) is 0 Å². The van der Waals surface area contributed by atoms with Gasteiger partial charge in [-0.15, -0.1) is 0 Å². The van der Waals surface area contributed by atoms with Gasteiger partial charge < -0.3 is 0 Å². The van der Waals surface area contributed by atoms with Crippen molar-refractivity contribution in [2.24, 2.45) is 11.8 Å². The van der Waals surface area contributed by atoms with Crippen LogP contribution in [0, 0.1) is 18.8 Å². The first-order valence-electron chi connectivity index (χ1n) is 10.5. The highest BCUT2D eigenvalue weighted by Gasteiger charge is 2.29. The average molecular weight is 345 g/mol. The lowest BCUT2D eigenvalue weighted by atomic mass is 9.69. The molecule has 2 aliphatic carbocycles. The maximum atomic E-state index is 4.18. The van der Waals surface area contributed by atoms with Gasteiger partial charge in [0.05, 0.1) is 0 Å². The third-order valence-electron chi connectivity index (χ3n) is 6.94. The molecule has 4 rings (SSSR count). The summed E-state index contributed by atoms with van der Waals surface area (Å²) in [4.78, 5) is 0. The third kappa shape index (κ3) is 3.95. The summed E-state index contributed by atoms with van der Waals surface area (Å²) in [6, 6.07) is 18.3. The van der Waals surface area contributed by atoms with Crippen LogP contribution in [-0.2, 0) is 0 Å². The number of aryl methyl sites for hydroxylation is 1. The number of rotatable bonds is 3. The number of hydrogen-bond donors (Lipinski definition) is 0.